The number of amides is 1. The molecule has 174 valence electrons. The van der Waals surface area contributed by atoms with Crippen LogP contribution < -0.4 is 20.4 Å². The van der Waals surface area contributed by atoms with Gasteiger partial charge >= 0.3 is 6.01 Å². The highest BCUT2D eigenvalue weighted by atomic mass is 19.1. The smallest absolute Gasteiger partial charge is 0.327 e. The van der Waals surface area contributed by atoms with Crippen molar-refractivity contribution >= 4 is 23.1 Å². The summed E-state index contributed by atoms with van der Waals surface area (Å²) in [5.41, 5.74) is 12.1. The molecular weight excluding hydrogens is 451 g/mol. The number of anilines is 2. The Morgan fingerprint density at radius 2 is 1.74 bits per heavy atom. The number of carbonyl (C=O) groups excluding carboxylic acids is 1. The number of halogens is 1. The van der Waals surface area contributed by atoms with Gasteiger partial charge in [0.15, 0.2) is 0 Å². The van der Waals surface area contributed by atoms with Crippen LogP contribution in [0.15, 0.2) is 84.0 Å². The lowest BCUT2D eigenvalue weighted by Gasteiger charge is -2.25. The van der Waals surface area contributed by atoms with Crippen molar-refractivity contribution < 1.29 is 18.8 Å². The summed E-state index contributed by atoms with van der Waals surface area (Å²) in [7, 11) is 0. The second-order valence-corrected chi connectivity index (χ2v) is 7.68. The van der Waals surface area contributed by atoms with Crippen molar-refractivity contribution in [3.05, 3.63) is 95.8 Å². The molecule has 35 heavy (non-hydrogen) atoms. The van der Waals surface area contributed by atoms with E-state index in [-0.39, 0.29) is 35.9 Å². The molecule has 1 aromatic heterocycles. The van der Waals surface area contributed by atoms with Crippen molar-refractivity contribution in [2.75, 3.05) is 10.8 Å². The van der Waals surface area contributed by atoms with Crippen LogP contribution in [0.25, 0.3) is 0 Å². The topological polar surface area (TPSA) is 122 Å². The average molecular weight is 470 g/mol. The summed E-state index contributed by atoms with van der Waals surface area (Å²) in [5, 5.41) is 6.27. The Balaban J connectivity index is 1.50. The van der Waals surface area contributed by atoms with Gasteiger partial charge in [-0.2, -0.15) is 15.1 Å². The number of rotatable bonds is 7. The molecule has 2 heterocycles. The van der Waals surface area contributed by atoms with Crippen LogP contribution in [0, 0.1) is 11.3 Å². The normalized spacial score (nSPS) is 14.4. The van der Waals surface area contributed by atoms with E-state index in [2.05, 4.69) is 25.9 Å². The summed E-state index contributed by atoms with van der Waals surface area (Å²) in [5.74, 6) is -0.368. The minimum atomic E-state index is -0.592. The molecule has 3 N–H and O–H groups in total. The molecule has 1 aliphatic heterocycles. The highest BCUT2D eigenvalue weighted by Crippen LogP contribution is 2.37. The maximum Gasteiger partial charge on any atom is 0.327 e. The van der Waals surface area contributed by atoms with Crippen LogP contribution in [-0.2, 0) is 11.2 Å². The molecule has 9 nitrogen and oxygen atoms in total. The Kier molecular flexibility index (Phi) is 6.00. The SMILES string of the molecule is N=Nc1ccccc1NOc1nc(Oc2ccccc2)nc2c1CC(c1ccc(F)cc1)C(=O)N2. The van der Waals surface area contributed by atoms with E-state index >= 15 is 0 Å². The molecule has 1 unspecified atom stereocenters. The van der Waals surface area contributed by atoms with Crippen molar-refractivity contribution in [1.29, 1.82) is 5.53 Å². The van der Waals surface area contributed by atoms with Crippen LogP contribution in [0.3, 0.4) is 0 Å². The number of para-hydroxylation sites is 3. The molecule has 0 radical (unpaired) electrons. The van der Waals surface area contributed by atoms with E-state index in [1.807, 2.05) is 18.2 Å². The van der Waals surface area contributed by atoms with Gasteiger partial charge in [-0.05, 0) is 48.4 Å². The molecule has 0 spiro atoms. The van der Waals surface area contributed by atoms with Gasteiger partial charge in [0.05, 0.1) is 17.2 Å². The monoisotopic (exact) mass is 470 g/mol. The second kappa shape index (κ2) is 9.56. The Hall–Kier alpha value is -4.86. The van der Waals surface area contributed by atoms with Gasteiger partial charge in [0, 0.05) is 0 Å². The summed E-state index contributed by atoms with van der Waals surface area (Å²) < 4.78 is 19.2. The number of benzene rings is 3. The fourth-order valence-electron chi connectivity index (χ4n) is 3.68. The van der Waals surface area contributed by atoms with Gasteiger partial charge in [-0.15, -0.1) is 0 Å². The zero-order valence-electron chi connectivity index (χ0n) is 18.2. The third kappa shape index (κ3) is 4.76. The van der Waals surface area contributed by atoms with Crippen molar-refractivity contribution in [3.8, 4) is 17.6 Å². The van der Waals surface area contributed by atoms with Crippen molar-refractivity contribution in [1.82, 2.24) is 9.97 Å². The first-order chi connectivity index (χ1) is 17.1. The highest BCUT2D eigenvalue weighted by molar-refractivity contribution is 5.98. The molecule has 4 aromatic rings. The maximum atomic E-state index is 13.4. The van der Waals surface area contributed by atoms with E-state index in [0.29, 0.717) is 28.3 Å². The van der Waals surface area contributed by atoms with E-state index < -0.39 is 5.92 Å². The summed E-state index contributed by atoms with van der Waals surface area (Å²) >= 11 is 0. The molecule has 0 saturated heterocycles. The molecule has 1 atom stereocenters. The fraction of sp³-hybridized carbons (Fsp3) is 0.0800. The zero-order valence-corrected chi connectivity index (χ0v) is 18.2. The number of hydrogen-bond acceptors (Lipinski definition) is 8. The molecule has 1 amide bonds. The highest BCUT2D eigenvalue weighted by Gasteiger charge is 2.32. The Morgan fingerprint density at radius 3 is 2.51 bits per heavy atom. The average Bonchev–Trinajstić information content (AvgIpc) is 2.88. The van der Waals surface area contributed by atoms with Crippen LogP contribution in [-0.4, -0.2) is 15.9 Å². The van der Waals surface area contributed by atoms with Gasteiger partial charge in [-0.3, -0.25) is 4.79 Å². The number of hydrogen-bond donors (Lipinski definition) is 3. The molecule has 0 saturated carbocycles. The minimum absolute atomic E-state index is 0.0225. The maximum absolute atomic E-state index is 13.4. The second-order valence-electron chi connectivity index (χ2n) is 7.68. The number of nitrogens with one attached hydrogen (secondary N) is 3. The van der Waals surface area contributed by atoms with Gasteiger partial charge in [0.2, 0.25) is 5.91 Å². The van der Waals surface area contributed by atoms with E-state index in [9.17, 15) is 9.18 Å². The van der Waals surface area contributed by atoms with Crippen molar-refractivity contribution in [3.63, 3.8) is 0 Å². The third-order valence-corrected chi connectivity index (χ3v) is 5.42. The number of carbonyl (C=O) groups is 1. The van der Waals surface area contributed by atoms with Gasteiger partial charge in [0.1, 0.15) is 23.1 Å². The standard InChI is InChI=1S/C25H19FN6O3/c26-16-12-10-15(11-13-16)18-14-19-22(28-23(18)33)29-25(34-17-6-2-1-3-7-17)30-24(19)35-32-21-9-5-4-8-20(21)31-27/h1-13,18,27,32H,14H2,(H,28,29,30,33). The van der Waals surface area contributed by atoms with Crippen LogP contribution >= 0.6 is 0 Å². The molecule has 5 rings (SSSR count). The van der Waals surface area contributed by atoms with Crippen LogP contribution in [0.5, 0.6) is 17.6 Å². The molecule has 0 aliphatic carbocycles. The summed E-state index contributed by atoms with van der Waals surface area (Å²) in [4.78, 5) is 27.5. The van der Waals surface area contributed by atoms with Gasteiger partial charge in [-0.1, -0.05) is 42.5 Å². The lowest BCUT2D eigenvalue weighted by Crippen LogP contribution is -2.30. The van der Waals surface area contributed by atoms with Gasteiger partial charge in [-0.25, -0.2) is 15.4 Å². The van der Waals surface area contributed by atoms with Gasteiger partial charge < -0.3 is 14.9 Å². The minimum Gasteiger partial charge on any atom is -0.424 e. The summed E-state index contributed by atoms with van der Waals surface area (Å²) in [6.45, 7) is 0. The number of fused-ring (bicyclic) bond motifs is 1. The largest absolute Gasteiger partial charge is 0.424 e. The van der Waals surface area contributed by atoms with Crippen LogP contribution in [0.1, 0.15) is 17.0 Å². The van der Waals surface area contributed by atoms with Gasteiger partial charge in [0.25, 0.3) is 5.88 Å². The number of aromatic nitrogens is 2. The summed E-state index contributed by atoms with van der Waals surface area (Å²) in [6.07, 6.45) is 0.222. The molecule has 0 fully saturated rings. The predicted octanol–water partition coefficient (Wildman–Crippen LogP) is 5.75. The van der Waals surface area contributed by atoms with E-state index in [1.54, 1.807) is 48.5 Å². The number of nitrogens with zero attached hydrogens (tertiary/aromatic N) is 3. The number of ether oxygens (including phenoxy) is 1. The lowest BCUT2D eigenvalue weighted by atomic mass is 9.89. The van der Waals surface area contributed by atoms with Crippen molar-refractivity contribution in [2.24, 2.45) is 5.11 Å². The Bertz CT molecular complexity index is 1380. The first kappa shape index (κ1) is 22.0. The van der Waals surface area contributed by atoms with Crippen molar-refractivity contribution in [2.45, 2.75) is 12.3 Å². The first-order valence-electron chi connectivity index (χ1n) is 10.7. The third-order valence-electron chi connectivity index (χ3n) is 5.42. The first-order valence-corrected chi connectivity index (χ1v) is 10.7. The molecular formula is C25H19FN6O3. The van der Waals surface area contributed by atoms with Crippen LogP contribution in [0.4, 0.5) is 21.6 Å². The summed E-state index contributed by atoms with van der Waals surface area (Å²) in [6, 6.07) is 21.6. The molecule has 0 bridgehead atoms. The van der Waals surface area contributed by atoms with E-state index in [1.165, 1.54) is 12.1 Å². The quantitative estimate of drug-likeness (QED) is 0.233. The Morgan fingerprint density at radius 1 is 1.00 bits per heavy atom. The zero-order chi connectivity index (χ0) is 24.2. The van der Waals surface area contributed by atoms with E-state index in [4.69, 9.17) is 15.1 Å². The molecule has 10 heteroatoms. The lowest BCUT2D eigenvalue weighted by molar-refractivity contribution is -0.117. The molecule has 3 aromatic carbocycles. The van der Waals surface area contributed by atoms with Crippen LogP contribution in [0.2, 0.25) is 0 Å². The van der Waals surface area contributed by atoms with E-state index in [0.717, 1.165) is 0 Å². The fourth-order valence-corrected chi connectivity index (χ4v) is 3.68. The molecule has 1 aliphatic rings. The Labute approximate surface area is 199 Å². The predicted molar refractivity (Wildman–Crippen MR) is 126 cm³/mol.